The van der Waals surface area contributed by atoms with Gasteiger partial charge in [0, 0.05) is 17.1 Å². The molecule has 1 aromatic rings. The van der Waals surface area contributed by atoms with Gasteiger partial charge in [-0.3, -0.25) is 4.79 Å². The molecule has 0 amide bonds. The van der Waals surface area contributed by atoms with Crippen LogP contribution in [0.25, 0.3) is 0 Å². The Morgan fingerprint density at radius 3 is 2.82 bits per heavy atom. The molecule has 1 unspecified atom stereocenters. The van der Waals surface area contributed by atoms with Crippen LogP contribution in [0.15, 0.2) is 29.2 Å². The van der Waals surface area contributed by atoms with Crippen molar-refractivity contribution in [2.45, 2.75) is 18.7 Å². The van der Waals surface area contributed by atoms with E-state index in [1.165, 1.54) is 4.90 Å². The minimum absolute atomic E-state index is 0.134. The zero-order chi connectivity index (χ0) is 12.7. The van der Waals surface area contributed by atoms with E-state index in [9.17, 15) is 4.79 Å². The van der Waals surface area contributed by atoms with Gasteiger partial charge < -0.3 is 10.1 Å². The van der Waals surface area contributed by atoms with Crippen LogP contribution in [0.4, 0.5) is 5.69 Å². The second-order valence-electron chi connectivity index (χ2n) is 3.73. The van der Waals surface area contributed by atoms with E-state index in [0.717, 1.165) is 5.69 Å². The number of para-hydroxylation sites is 1. The highest BCUT2D eigenvalue weighted by molar-refractivity contribution is 7.98. The van der Waals surface area contributed by atoms with Crippen LogP contribution in [0, 0.1) is 5.92 Å². The van der Waals surface area contributed by atoms with Crippen LogP contribution >= 0.6 is 11.8 Å². The van der Waals surface area contributed by atoms with Gasteiger partial charge in [0.2, 0.25) is 0 Å². The largest absolute Gasteiger partial charge is 0.466 e. The summed E-state index contributed by atoms with van der Waals surface area (Å²) in [6.07, 6.45) is 2.04. The third-order valence-corrected chi connectivity index (χ3v) is 3.19. The van der Waals surface area contributed by atoms with Crippen molar-refractivity contribution in [3.05, 3.63) is 24.3 Å². The summed E-state index contributed by atoms with van der Waals surface area (Å²) in [5.41, 5.74) is 1.07. The average Bonchev–Trinajstić information content (AvgIpc) is 2.36. The molecule has 17 heavy (non-hydrogen) atoms. The number of thioether (sulfide) groups is 1. The lowest BCUT2D eigenvalue weighted by Gasteiger charge is -2.14. The van der Waals surface area contributed by atoms with Gasteiger partial charge in [0.15, 0.2) is 0 Å². The third kappa shape index (κ3) is 4.30. The molecule has 0 bridgehead atoms. The number of carbonyl (C=O) groups excluding carboxylic acids is 1. The lowest BCUT2D eigenvalue weighted by molar-refractivity contribution is -0.146. The number of rotatable bonds is 6. The number of esters is 1. The molecule has 0 aromatic heterocycles. The van der Waals surface area contributed by atoms with E-state index in [-0.39, 0.29) is 11.9 Å². The first-order chi connectivity index (χ1) is 8.19. The highest BCUT2D eigenvalue weighted by Crippen LogP contribution is 2.24. The molecule has 0 fully saturated rings. The highest BCUT2D eigenvalue weighted by Gasteiger charge is 2.13. The van der Waals surface area contributed by atoms with Crippen LogP contribution in [0.1, 0.15) is 13.8 Å². The Bertz CT molecular complexity index is 368. The molecule has 0 heterocycles. The molecule has 0 aliphatic heterocycles. The molecule has 1 aromatic carbocycles. The first kappa shape index (κ1) is 13.9. The molecule has 1 rings (SSSR count). The molecule has 0 saturated carbocycles. The van der Waals surface area contributed by atoms with Crippen LogP contribution in [0.5, 0.6) is 0 Å². The summed E-state index contributed by atoms with van der Waals surface area (Å²) in [6, 6.07) is 8.06. The molecular weight excluding hydrogens is 234 g/mol. The number of hydrogen-bond donors (Lipinski definition) is 1. The number of ether oxygens (including phenoxy) is 1. The maximum absolute atomic E-state index is 11.5. The van der Waals surface area contributed by atoms with E-state index in [2.05, 4.69) is 11.4 Å². The molecule has 1 N–H and O–H groups in total. The first-order valence-corrected chi connectivity index (χ1v) is 6.95. The van der Waals surface area contributed by atoms with Gasteiger partial charge in [-0.2, -0.15) is 0 Å². The second-order valence-corrected chi connectivity index (χ2v) is 4.58. The van der Waals surface area contributed by atoms with Crippen molar-refractivity contribution < 1.29 is 9.53 Å². The van der Waals surface area contributed by atoms with Gasteiger partial charge in [0.25, 0.3) is 0 Å². The number of anilines is 1. The van der Waals surface area contributed by atoms with Crippen molar-refractivity contribution in [3.8, 4) is 0 Å². The van der Waals surface area contributed by atoms with Gasteiger partial charge in [-0.25, -0.2) is 0 Å². The summed E-state index contributed by atoms with van der Waals surface area (Å²) in [5, 5.41) is 3.28. The fraction of sp³-hybridized carbons (Fsp3) is 0.462. The van der Waals surface area contributed by atoms with Crippen LogP contribution in [-0.2, 0) is 9.53 Å². The van der Waals surface area contributed by atoms with Gasteiger partial charge in [0.1, 0.15) is 0 Å². The van der Waals surface area contributed by atoms with Crippen molar-refractivity contribution in [3.63, 3.8) is 0 Å². The predicted octanol–water partition coefficient (Wildman–Crippen LogP) is 3.02. The fourth-order valence-corrected chi connectivity index (χ4v) is 2.00. The van der Waals surface area contributed by atoms with Gasteiger partial charge in [0.05, 0.1) is 12.5 Å². The number of benzene rings is 1. The van der Waals surface area contributed by atoms with Crippen molar-refractivity contribution in [2.24, 2.45) is 5.92 Å². The molecule has 4 heteroatoms. The summed E-state index contributed by atoms with van der Waals surface area (Å²) in [6.45, 7) is 4.72. The Morgan fingerprint density at radius 2 is 2.18 bits per heavy atom. The smallest absolute Gasteiger partial charge is 0.310 e. The normalized spacial score (nSPS) is 11.9. The Hall–Kier alpha value is -1.16. The quantitative estimate of drug-likeness (QED) is 0.625. The number of carbonyl (C=O) groups is 1. The maximum Gasteiger partial charge on any atom is 0.310 e. The minimum Gasteiger partial charge on any atom is -0.466 e. The molecular formula is C13H19NO2S. The predicted molar refractivity (Wildman–Crippen MR) is 72.5 cm³/mol. The monoisotopic (exact) mass is 253 g/mol. The standard InChI is InChI=1S/C13H19NO2S/c1-4-16-13(15)10(2)9-14-11-7-5-6-8-12(11)17-3/h5-8,10,14H,4,9H2,1-3H3. The van der Waals surface area contributed by atoms with E-state index >= 15 is 0 Å². The van der Waals surface area contributed by atoms with Crippen molar-refractivity contribution in [1.82, 2.24) is 0 Å². The van der Waals surface area contributed by atoms with Gasteiger partial charge in [-0.05, 0) is 25.3 Å². The van der Waals surface area contributed by atoms with E-state index in [0.29, 0.717) is 13.2 Å². The highest BCUT2D eigenvalue weighted by atomic mass is 32.2. The lowest BCUT2D eigenvalue weighted by Crippen LogP contribution is -2.22. The average molecular weight is 253 g/mol. The topological polar surface area (TPSA) is 38.3 Å². The molecule has 3 nitrogen and oxygen atoms in total. The lowest BCUT2D eigenvalue weighted by atomic mass is 10.2. The SMILES string of the molecule is CCOC(=O)C(C)CNc1ccccc1SC. The van der Waals surface area contributed by atoms with E-state index in [1.54, 1.807) is 11.8 Å². The van der Waals surface area contributed by atoms with Crippen LogP contribution < -0.4 is 5.32 Å². The molecule has 1 atom stereocenters. The maximum atomic E-state index is 11.5. The van der Waals surface area contributed by atoms with Crippen molar-refractivity contribution in [1.29, 1.82) is 0 Å². The Kier molecular flexibility index (Phi) is 5.91. The fourth-order valence-electron chi connectivity index (χ4n) is 1.42. The Balaban J connectivity index is 2.52. The second kappa shape index (κ2) is 7.22. The summed E-state index contributed by atoms with van der Waals surface area (Å²) in [7, 11) is 0. The summed E-state index contributed by atoms with van der Waals surface area (Å²) < 4.78 is 4.96. The summed E-state index contributed by atoms with van der Waals surface area (Å²) in [4.78, 5) is 12.6. The van der Waals surface area contributed by atoms with Crippen LogP contribution in [-0.4, -0.2) is 25.4 Å². The van der Waals surface area contributed by atoms with E-state index < -0.39 is 0 Å². The third-order valence-electron chi connectivity index (χ3n) is 2.39. The zero-order valence-electron chi connectivity index (χ0n) is 10.5. The number of nitrogens with one attached hydrogen (secondary N) is 1. The molecule has 0 saturated heterocycles. The molecule has 0 aliphatic carbocycles. The van der Waals surface area contributed by atoms with Crippen LogP contribution in [0.2, 0.25) is 0 Å². The van der Waals surface area contributed by atoms with Gasteiger partial charge >= 0.3 is 5.97 Å². The summed E-state index contributed by atoms with van der Waals surface area (Å²) in [5.74, 6) is -0.286. The first-order valence-electron chi connectivity index (χ1n) is 5.72. The molecule has 0 spiro atoms. The molecule has 94 valence electrons. The molecule has 0 aliphatic rings. The van der Waals surface area contributed by atoms with E-state index in [4.69, 9.17) is 4.74 Å². The Labute approximate surface area is 107 Å². The van der Waals surface area contributed by atoms with Gasteiger partial charge in [-0.15, -0.1) is 11.8 Å². The molecule has 0 radical (unpaired) electrons. The number of hydrogen-bond acceptors (Lipinski definition) is 4. The van der Waals surface area contributed by atoms with Crippen LogP contribution in [0.3, 0.4) is 0 Å². The Morgan fingerprint density at radius 1 is 1.47 bits per heavy atom. The van der Waals surface area contributed by atoms with Gasteiger partial charge in [-0.1, -0.05) is 19.1 Å². The minimum atomic E-state index is -0.151. The van der Waals surface area contributed by atoms with Crippen molar-refractivity contribution in [2.75, 3.05) is 24.7 Å². The van der Waals surface area contributed by atoms with E-state index in [1.807, 2.05) is 38.3 Å². The zero-order valence-corrected chi connectivity index (χ0v) is 11.3. The summed E-state index contributed by atoms with van der Waals surface area (Å²) >= 11 is 1.69. The van der Waals surface area contributed by atoms with Crippen molar-refractivity contribution >= 4 is 23.4 Å².